The van der Waals surface area contributed by atoms with Crippen molar-refractivity contribution in [3.05, 3.63) is 47.5 Å². The summed E-state index contributed by atoms with van der Waals surface area (Å²) >= 11 is 0. The quantitative estimate of drug-likeness (QED) is 0.720. The van der Waals surface area contributed by atoms with Crippen molar-refractivity contribution in [2.75, 3.05) is 20.1 Å². The number of rotatable bonds is 7. The van der Waals surface area contributed by atoms with Gasteiger partial charge in [0.25, 0.3) is 0 Å². The highest BCUT2D eigenvalue weighted by molar-refractivity contribution is 5.83. The Morgan fingerprint density at radius 1 is 1.12 bits per heavy atom. The van der Waals surface area contributed by atoms with E-state index in [-0.39, 0.29) is 18.4 Å². The molecule has 0 saturated carbocycles. The van der Waals surface area contributed by atoms with Gasteiger partial charge in [-0.15, -0.1) is 0 Å². The van der Waals surface area contributed by atoms with Crippen LogP contribution >= 0.6 is 0 Å². The zero-order valence-corrected chi connectivity index (χ0v) is 14.8. The molecule has 1 aromatic rings. The number of allylic oxidation sites excluding steroid dienone is 1. The normalized spacial score (nSPS) is 14.0. The first-order chi connectivity index (χ1) is 11.6. The van der Waals surface area contributed by atoms with E-state index in [1.807, 2.05) is 30.3 Å². The van der Waals surface area contributed by atoms with Crippen LogP contribution in [0.25, 0.3) is 0 Å². The molecule has 0 fully saturated rings. The van der Waals surface area contributed by atoms with Crippen LogP contribution in [0.5, 0.6) is 0 Å². The zero-order chi connectivity index (χ0) is 17.4. The van der Waals surface area contributed by atoms with Gasteiger partial charge in [0.05, 0.1) is 6.54 Å². The van der Waals surface area contributed by atoms with Gasteiger partial charge in [0, 0.05) is 27.1 Å². The minimum Gasteiger partial charge on any atom is -0.340 e. The van der Waals surface area contributed by atoms with Crippen LogP contribution in [0.2, 0.25) is 0 Å². The second-order valence-electron chi connectivity index (χ2n) is 6.53. The van der Waals surface area contributed by atoms with Gasteiger partial charge < -0.3 is 9.80 Å². The number of amides is 2. The van der Waals surface area contributed by atoms with Crippen LogP contribution in [0, 0.1) is 0 Å². The summed E-state index contributed by atoms with van der Waals surface area (Å²) in [4.78, 5) is 27.7. The molecule has 1 aliphatic carbocycles. The number of benzene rings is 1. The van der Waals surface area contributed by atoms with Crippen molar-refractivity contribution in [3.63, 3.8) is 0 Å². The number of carbonyl (C=O) groups is 2. The number of carbonyl (C=O) groups excluding carboxylic acids is 2. The van der Waals surface area contributed by atoms with Gasteiger partial charge in [-0.1, -0.05) is 42.0 Å². The van der Waals surface area contributed by atoms with Crippen molar-refractivity contribution in [1.29, 1.82) is 0 Å². The molecule has 0 bridgehead atoms. The highest BCUT2D eigenvalue weighted by Gasteiger charge is 2.17. The molecular formula is C20H28N2O2. The van der Waals surface area contributed by atoms with E-state index in [9.17, 15) is 9.59 Å². The Labute approximate surface area is 145 Å². The van der Waals surface area contributed by atoms with E-state index in [1.54, 1.807) is 23.8 Å². The molecule has 130 valence electrons. The maximum absolute atomic E-state index is 12.4. The maximum atomic E-state index is 12.4. The standard InChI is InChI=1S/C20H28N2O2/c1-17(23)22(14-13-18-9-5-3-6-10-18)16-20(24)21(2)15-19-11-7-4-8-12-19/h4,7-9,11-12H,3,5-6,10,13-16H2,1-2H3. The molecule has 0 aromatic heterocycles. The first-order valence-corrected chi connectivity index (χ1v) is 8.77. The van der Waals surface area contributed by atoms with E-state index in [2.05, 4.69) is 6.08 Å². The Balaban J connectivity index is 1.85. The number of nitrogens with zero attached hydrogens (tertiary/aromatic N) is 2. The molecule has 2 rings (SSSR count). The lowest BCUT2D eigenvalue weighted by Crippen LogP contribution is -2.40. The first-order valence-electron chi connectivity index (χ1n) is 8.77. The molecular weight excluding hydrogens is 300 g/mol. The molecule has 2 amide bonds. The van der Waals surface area contributed by atoms with Crippen LogP contribution < -0.4 is 0 Å². The second-order valence-corrected chi connectivity index (χ2v) is 6.53. The van der Waals surface area contributed by atoms with Gasteiger partial charge in [-0.3, -0.25) is 9.59 Å². The van der Waals surface area contributed by atoms with Crippen molar-refractivity contribution in [2.24, 2.45) is 0 Å². The van der Waals surface area contributed by atoms with Gasteiger partial charge >= 0.3 is 0 Å². The molecule has 24 heavy (non-hydrogen) atoms. The highest BCUT2D eigenvalue weighted by atomic mass is 16.2. The Morgan fingerprint density at radius 3 is 2.50 bits per heavy atom. The predicted molar refractivity (Wildman–Crippen MR) is 96.3 cm³/mol. The molecule has 0 unspecified atom stereocenters. The minimum absolute atomic E-state index is 0.0216. The summed E-state index contributed by atoms with van der Waals surface area (Å²) in [6.07, 6.45) is 7.97. The maximum Gasteiger partial charge on any atom is 0.242 e. The van der Waals surface area contributed by atoms with Crippen LogP contribution in [-0.4, -0.2) is 41.8 Å². The van der Waals surface area contributed by atoms with Crippen molar-refractivity contribution in [1.82, 2.24) is 9.80 Å². The van der Waals surface area contributed by atoms with Crippen LogP contribution in [-0.2, 0) is 16.1 Å². The van der Waals surface area contributed by atoms with Gasteiger partial charge in [0.15, 0.2) is 0 Å². The van der Waals surface area contributed by atoms with Gasteiger partial charge in [-0.2, -0.15) is 0 Å². The first kappa shape index (κ1) is 18.2. The van der Waals surface area contributed by atoms with E-state index < -0.39 is 0 Å². The largest absolute Gasteiger partial charge is 0.340 e. The molecule has 1 aromatic carbocycles. The predicted octanol–water partition coefficient (Wildman–Crippen LogP) is 3.38. The molecule has 0 N–H and O–H groups in total. The number of hydrogen-bond donors (Lipinski definition) is 0. The third-order valence-electron chi connectivity index (χ3n) is 4.55. The lowest BCUT2D eigenvalue weighted by atomic mass is 9.97. The average molecular weight is 328 g/mol. The Morgan fingerprint density at radius 2 is 1.88 bits per heavy atom. The Kier molecular flexibility index (Phi) is 7.04. The molecule has 0 spiro atoms. The summed E-state index contributed by atoms with van der Waals surface area (Å²) in [5.74, 6) is -0.0560. The van der Waals surface area contributed by atoms with E-state index in [0.29, 0.717) is 13.1 Å². The van der Waals surface area contributed by atoms with Gasteiger partial charge in [-0.25, -0.2) is 0 Å². The lowest BCUT2D eigenvalue weighted by molar-refractivity contribution is -0.138. The summed E-state index contributed by atoms with van der Waals surface area (Å²) in [7, 11) is 1.79. The molecule has 0 radical (unpaired) electrons. The third-order valence-corrected chi connectivity index (χ3v) is 4.55. The molecule has 0 aliphatic heterocycles. The Bertz CT molecular complexity index is 581. The second kappa shape index (κ2) is 9.26. The topological polar surface area (TPSA) is 40.6 Å². The lowest BCUT2D eigenvalue weighted by Gasteiger charge is -2.25. The van der Waals surface area contributed by atoms with Crippen molar-refractivity contribution >= 4 is 11.8 Å². The number of hydrogen-bond acceptors (Lipinski definition) is 2. The smallest absolute Gasteiger partial charge is 0.242 e. The Hall–Kier alpha value is -2.10. The van der Waals surface area contributed by atoms with Crippen LogP contribution in [0.3, 0.4) is 0 Å². The summed E-state index contributed by atoms with van der Waals surface area (Å²) in [5, 5.41) is 0. The molecule has 0 heterocycles. The van der Waals surface area contributed by atoms with Crippen molar-refractivity contribution < 1.29 is 9.59 Å². The molecule has 0 atom stereocenters. The van der Waals surface area contributed by atoms with Gasteiger partial charge in [0.2, 0.25) is 11.8 Å². The van der Waals surface area contributed by atoms with E-state index >= 15 is 0 Å². The molecule has 4 nitrogen and oxygen atoms in total. The fraction of sp³-hybridized carbons (Fsp3) is 0.500. The minimum atomic E-state index is -0.0344. The number of likely N-dealkylation sites (N-methyl/N-ethyl adjacent to an activating group) is 1. The highest BCUT2D eigenvalue weighted by Crippen LogP contribution is 2.20. The van der Waals surface area contributed by atoms with Crippen molar-refractivity contribution in [3.8, 4) is 0 Å². The summed E-state index contributed by atoms with van der Waals surface area (Å²) in [6, 6.07) is 9.90. The SMILES string of the molecule is CC(=O)N(CCC1=CCCCC1)CC(=O)N(C)Cc1ccccc1. The van der Waals surface area contributed by atoms with E-state index in [0.717, 1.165) is 24.8 Å². The monoisotopic (exact) mass is 328 g/mol. The molecule has 4 heteroatoms. The van der Waals surface area contributed by atoms with Crippen LogP contribution in [0.1, 0.15) is 44.6 Å². The van der Waals surface area contributed by atoms with Crippen LogP contribution in [0.15, 0.2) is 42.0 Å². The van der Waals surface area contributed by atoms with Crippen LogP contribution in [0.4, 0.5) is 0 Å². The van der Waals surface area contributed by atoms with Gasteiger partial charge in [0.1, 0.15) is 0 Å². The summed E-state index contributed by atoms with van der Waals surface area (Å²) in [6.45, 7) is 2.90. The summed E-state index contributed by atoms with van der Waals surface area (Å²) < 4.78 is 0. The summed E-state index contributed by atoms with van der Waals surface area (Å²) in [5.41, 5.74) is 2.52. The fourth-order valence-electron chi connectivity index (χ4n) is 2.99. The average Bonchev–Trinajstić information content (AvgIpc) is 2.59. The third kappa shape index (κ3) is 5.84. The fourth-order valence-corrected chi connectivity index (χ4v) is 2.99. The molecule has 0 saturated heterocycles. The van der Waals surface area contributed by atoms with Crippen molar-refractivity contribution in [2.45, 2.75) is 45.6 Å². The van der Waals surface area contributed by atoms with E-state index in [1.165, 1.54) is 18.4 Å². The van der Waals surface area contributed by atoms with Gasteiger partial charge in [-0.05, 0) is 37.7 Å². The van der Waals surface area contributed by atoms with E-state index in [4.69, 9.17) is 0 Å². The zero-order valence-electron chi connectivity index (χ0n) is 14.8. The molecule has 1 aliphatic rings.